The molecule has 0 fully saturated rings. The van der Waals surface area contributed by atoms with Gasteiger partial charge in [-0.1, -0.05) is 62.1 Å². The van der Waals surface area contributed by atoms with Gasteiger partial charge in [-0.25, -0.2) is 8.42 Å². The van der Waals surface area contributed by atoms with Crippen LogP contribution in [0, 0.1) is 20.3 Å². The van der Waals surface area contributed by atoms with Crippen molar-refractivity contribution in [1.82, 2.24) is 0 Å². The Morgan fingerprint density at radius 3 is 2.19 bits per heavy atom. The minimum absolute atomic E-state index is 0.0604. The zero-order chi connectivity index (χ0) is 19.3. The summed E-state index contributed by atoms with van der Waals surface area (Å²) >= 11 is -0.0604. The Labute approximate surface area is 168 Å². The van der Waals surface area contributed by atoms with Crippen LogP contribution in [0.25, 0.3) is 0 Å². The Morgan fingerprint density at radius 2 is 1.62 bits per heavy atom. The van der Waals surface area contributed by atoms with Crippen molar-refractivity contribution in [1.29, 1.82) is 0 Å². The second-order valence-electron chi connectivity index (χ2n) is 5.74. The van der Waals surface area contributed by atoms with E-state index >= 15 is 0 Å². The molecule has 2 aromatic rings. The molecule has 0 saturated heterocycles. The van der Waals surface area contributed by atoms with E-state index in [0.717, 1.165) is 12.0 Å². The fraction of sp³-hybridized carbons (Fsp3) is 0.333. The Bertz CT molecular complexity index is 789. The molecular formula is C21H25IO3S. The third-order valence-corrected chi connectivity index (χ3v) is 6.26. The van der Waals surface area contributed by atoms with Crippen molar-refractivity contribution in [3.05, 3.63) is 63.7 Å². The Kier molecular flexibility index (Phi) is 11.3. The van der Waals surface area contributed by atoms with Gasteiger partial charge in [0.1, 0.15) is 10.1 Å². The van der Waals surface area contributed by atoms with Crippen molar-refractivity contribution < 1.29 is 34.2 Å². The van der Waals surface area contributed by atoms with Gasteiger partial charge in [0.15, 0.2) is 3.93 Å². The van der Waals surface area contributed by atoms with Crippen LogP contribution < -0.4 is 21.2 Å². The summed E-state index contributed by atoms with van der Waals surface area (Å²) in [5, 5.41) is 0. The Morgan fingerprint density at radius 1 is 0.962 bits per heavy atom. The maximum Gasteiger partial charge on any atom is 0.419 e. The molecule has 0 aliphatic carbocycles. The van der Waals surface area contributed by atoms with Crippen molar-refractivity contribution in [2.24, 2.45) is 0 Å². The van der Waals surface area contributed by atoms with Crippen LogP contribution in [0.4, 0.5) is 0 Å². The number of rotatable bonds is 6. The normalized spacial score (nSPS) is 10.3. The smallest absolute Gasteiger partial charge is 0.419 e. The first-order valence-electron chi connectivity index (χ1n) is 8.62. The van der Waals surface area contributed by atoms with Crippen molar-refractivity contribution >= 4 is 10.1 Å². The average molecular weight is 484 g/mol. The molecule has 2 rings (SSSR count). The number of hydrogen-bond donors (Lipinski definition) is 0. The number of aryl methyl sites for hydroxylation is 1. The number of hydrogen-bond acceptors (Lipinski definition) is 3. The second kappa shape index (κ2) is 12.9. The Hall–Kier alpha value is -1.36. The van der Waals surface area contributed by atoms with Crippen LogP contribution in [0.5, 0.6) is 0 Å². The van der Waals surface area contributed by atoms with Gasteiger partial charge in [0.05, 0.1) is 4.90 Å². The summed E-state index contributed by atoms with van der Waals surface area (Å²) < 4.78 is 35.9. The molecule has 0 aliphatic rings. The highest BCUT2D eigenvalue weighted by Gasteiger charge is 2.05. The molecule has 3 nitrogen and oxygen atoms in total. The summed E-state index contributed by atoms with van der Waals surface area (Å²) in [6, 6.07) is 16.4. The molecule has 0 aromatic heterocycles. The topological polar surface area (TPSA) is 57.2 Å². The van der Waals surface area contributed by atoms with E-state index in [1.807, 2.05) is 6.92 Å². The summed E-state index contributed by atoms with van der Waals surface area (Å²) in [6.07, 6.45) is 6.38. The SMILES string of the molecule is CCCCCCC#C[I+]c1ccccc1.Cc1ccc(S(=O)(=O)[O-])cc1. The lowest BCUT2D eigenvalue weighted by Crippen LogP contribution is -3.59. The molecular weight excluding hydrogens is 459 g/mol. The molecule has 0 saturated carbocycles. The molecule has 0 unspecified atom stereocenters. The molecule has 26 heavy (non-hydrogen) atoms. The van der Waals surface area contributed by atoms with Crippen LogP contribution in [0.1, 0.15) is 44.6 Å². The van der Waals surface area contributed by atoms with Gasteiger partial charge in [-0.05, 0) is 43.5 Å². The fourth-order valence-electron chi connectivity index (χ4n) is 1.96. The summed E-state index contributed by atoms with van der Waals surface area (Å²) in [5.41, 5.74) is 0.928. The van der Waals surface area contributed by atoms with E-state index in [-0.39, 0.29) is 26.1 Å². The molecule has 2 aromatic carbocycles. The van der Waals surface area contributed by atoms with Gasteiger partial charge < -0.3 is 4.55 Å². The van der Waals surface area contributed by atoms with Gasteiger partial charge >= 0.3 is 21.2 Å². The van der Waals surface area contributed by atoms with E-state index in [9.17, 15) is 13.0 Å². The van der Waals surface area contributed by atoms with E-state index in [0.29, 0.717) is 0 Å². The van der Waals surface area contributed by atoms with E-state index in [1.54, 1.807) is 12.1 Å². The maximum absolute atomic E-state index is 10.4. The van der Waals surface area contributed by atoms with Gasteiger partial charge in [0.2, 0.25) is 3.57 Å². The van der Waals surface area contributed by atoms with Crippen molar-refractivity contribution in [3.8, 4) is 9.85 Å². The van der Waals surface area contributed by atoms with E-state index in [4.69, 9.17) is 0 Å². The van der Waals surface area contributed by atoms with Gasteiger partial charge in [-0.3, -0.25) is 0 Å². The molecule has 0 bridgehead atoms. The van der Waals surface area contributed by atoms with Crippen LogP contribution in [0.3, 0.4) is 0 Å². The minimum Gasteiger partial charge on any atom is -0.744 e. The van der Waals surface area contributed by atoms with Crippen LogP contribution >= 0.6 is 0 Å². The van der Waals surface area contributed by atoms with Gasteiger partial charge in [-0.2, -0.15) is 0 Å². The van der Waals surface area contributed by atoms with Crippen molar-refractivity contribution in [2.45, 2.75) is 50.8 Å². The molecule has 0 N–H and O–H groups in total. The van der Waals surface area contributed by atoms with Crippen molar-refractivity contribution in [2.75, 3.05) is 0 Å². The van der Waals surface area contributed by atoms with E-state index in [1.165, 1.54) is 41.4 Å². The van der Waals surface area contributed by atoms with Crippen LogP contribution in [0.15, 0.2) is 59.5 Å². The Balaban J connectivity index is 0.000000273. The van der Waals surface area contributed by atoms with E-state index < -0.39 is 10.1 Å². The summed E-state index contributed by atoms with van der Waals surface area (Å²) in [7, 11) is -4.27. The third-order valence-electron chi connectivity index (χ3n) is 3.42. The molecule has 0 amide bonds. The van der Waals surface area contributed by atoms with Crippen molar-refractivity contribution in [3.63, 3.8) is 0 Å². The number of unbranched alkanes of at least 4 members (excludes halogenated alkanes) is 4. The summed E-state index contributed by atoms with van der Waals surface area (Å²) in [5.74, 6) is 3.29. The first-order chi connectivity index (χ1) is 12.4. The lowest BCUT2D eigenvalue weighted by molar-refractivity contribution is -0.535. The van der Waals surface area contributed by atoms with Crippen LogP contribution in [0.2, 0.25) is 0 Å². The third kappa shape index (κ3) is 10.6. The zero-order valence-electron chi connectivity index (χ0n) is 15.2. The molecule has 0 heterocycles. The van der Waals surface area contributed by atoms with Crippen LogP contribution in [-0.2, 0) is 10.1 Å². The minimum atomic E-state index is -4.27. The highest BCUT2D eigenvalue weighted by molar-refractivity contribution is 7.85. The summed E-state index contributed by atoms with van der Waals surface area (Å²) in [6.45, 7) is 4.06. The highest BCUT2D eigenvalue weighted by Crippen LogP contribution is 2.08. The predicted octanol–water partition coefficient (Wildman–Crippen LogP) is 1.78. The number of benzene rings is 2. The average Bonchev–Trinajstić information content (AvgIpc) is 2.62. The lowest BCUT2D eigenvalue weighted by atomic mass is 10.2. The van der Waals surface area contributed by atoms with Gasteiger partial charge in [0, 0.05) is 6.42 Å². The molecule has 0 radical (unpaired) electrons. The van der Waals surface area contributed by atoms with Gasteiger partial charge in [0.25, 0.3) is 0 Å². The molecule has 5 heteroatoms. The predicted molar refractivity (Wildman–Crippen MR) is 101 cm³/mol. The highest BCUT2D eigenvalue weighted by atomic mass is 127. The molecule has 0 spiro atoms. The fourth-order valence-corrected chi connectivity index (χ4v) is 3.97. The monoisotopic (exact) mass is 484 g/mol. The lowest BCUT2D eigenvalue weighted by Gasteiger charge is -2.05. The molecule has 140 valence electrons. The largest absolute Gasteiger partial charge is 0.744 e. The first-order valence-corrected chi connectivity index (χ1v) is 12.2. The zero-order valence-corrected chi connectivity index (χ0v) is 18.2. The molecule has 0 aliphatic heterocycles. The van der Waals surface area contributed by atoms with Crippen LogP contribution in [-0.4, -0.2) is 13.0 Å². The maximum atomic E-state index is 10.4. The standard InChI is InChI=1S/C14H18I.C7H8O3S/c1-2-3-4-5-6-10-13-15-14-11-8-7-9-12-14;1-6-2-4-7(5-3-6)11(8,9)10/h7-9,11-12H,2-6H2,1H3;2-5H,1H3,(H,8,9,10)/q+1;/p-1. The second-order valence-corrected chi connectivity index (χ2v) is 9.44. The first kappa shape index (κ1) is 22.7. The summed E-state index contributed by atoms with van der Waals surface area (Å²) in [4.78, 5) is -0.178. The van der Waals surface area contributed by atoms with E-state index in [2.05, 4.69) is 47.1 Å². The van der Waals surface area contributed by atoms with Gasteiger partial charge in [-0.15, -0.1) is 0 Å². The quantitative estimate of drug-likeness (QED) is 0.272. The molecule has 0 atom stereocenters. The number of halogens is 1.